The van der Waals surface area contributed by atoms with E-state index in [1.54, 1.807) is 0 Å². The highest BCUT2D eigenvalue weighted by molar-refractivity contribution is 5.81. The lowest BCUT2D eigenvalue weighted by atomic mass is 10.1. The van der Waals surface area contributed by atoms with E-state index in [1.807, 2.05) is 24.4 Å². The van der Waals surface area contributed by atoms with Gasteiger partial charge in [-0.15, -0.1) is 0 Å². The van der Waals surface area contributed by atoms with Gasteiger partial charge >= 0.3 is 0 Å². The van der Waals surface area contributed by atoms with Crippen LogP contribution in [0.1, 0.15) is 11.1 Å². The minimum Gasteiger partial charge on any atom is -0.493 e. The van der Waals surface area contributed by atoms with E-state index in [1.165, 1.54) is 11.1 Å². The highest BCUT2D eigenvalue weighted by atomic mass is 16.5. The van der Waals surface area contributed by atoms with Crippen LogP contribution < -0.4 is 10.1 Å². The summed E-state index contributed by atoms with van der Waals surface area (Å²) in [5, 5.41) is 4.60. The van der Waals surface area contributed by atoms with Crippen LogP contribution in [-0.4, -0.2) is 11.6 Å². The highest BCUT2D eigenvalue weighted by Crippen LogP contribution is 2.26. The number of hydrogen-bond donors (Lipinski definition) is 1. The molecular weight excluding hydrogens is 260 g/mol. The van der Waals surface area contributed by atoms with Crippen molar-refractivity contribution in [1.29, 1.82) is 0 Å². The summed E-state index contributed by atoms with van der Waals surface area (Å²) in [5.74, 6) is 1.03. The van der Waals surface area contributed by atoms with Crippen LogP contribution in [-0.2, 0) is 13.0 Å². The molecule has 4 rings (SSSR count). The average molecular weight is 276 g/mol. The highest BCUT2D eigenvalue weighted by Gasteiger charge is 2.11. The molecule has 0 fully saturated rings. The molecule has 3 heteroatoms. The Kier molecular flexibility index (Phi) is 2.96. The fraction of sp³-hybridized carbons (Fsp3) is 0.167. The first-order valence-corrected chi connectivity index (χ1v) is 7.22. The van der Waals surface area contributed by atoms with Crippen LogP contribution in [0.2, 0.25) is 0 Å². The molecule has 1 aliphatic heterocycles. The average Bonchev–Trinajstić information content (AvgIpc) is 3.00. The van der Waals surface area contributed by atoms with Gasteiger partial charge in [0.1, 0.15) is 5.75 Å². The molecule has 1 aliphatic rings. The molecule has 3 aromatic rings. The molecule has 0 amide bonds. The Morgan fingerprint density at radius 3 is 3.05 bits per heavy atom. The van der Waals surface area contributed by atoms with Gasteiger partial charge in [0.15, 0.2) is 0 Å². The smallest absolute Gasteiger partial charge is 0.122 e. The molecule has 0 aliphatic carbocycles. The number of aromatic nitrogens is 1. The third-order valence-electron chi connectivity index (χ3n) is 3.84. The number of rotatable bonds is 3. The van der Waals surface area contributed by atoms with Crippen LogP contribution in [0, 0.1) is 0 Å². The molecule has 3 nitrogen and oxygen atoms in total. The molecular formula is C18H16N2O. The van der Waals surface area contributed by atoms with Crippen LogP contribution in [0.3, 0.4) is 0 Å². The van der Waals surface area contributed by atoms with E-state index in [0.717, 1.165) is 41.9 Å². The van der Waals surface area contributed by atoms with Crippen molar-refractivity contribution in [2.75, 3.05) is 11.9 Å². The summed E-state index contributed by atoms with van der Waals surface area (Å²) in [5.41, 5.74) is 4.65. The number of nitrogens with zero attached hydrogens (tertiary/aromatic N) is 1. The summed E-state index contributed by atoms with van der Waals surface area (Å²) in [6, 6.07) is 16.7. The standard InChI is InChI=1S/C18H16N2O/c1-2-4-17-14(3-1)10-16(12-20-17)19-11-13-5-6-18-15(9-13)7-8-21-18/h1-6,9-10,12,19H,7-8,11H2. The lowest BCUT2D eigenvalue weighted by Gasteiger charge is -2.08. The Bertz CT molecular complexity index is 798. The first kappa shape index (κ1) is 12.2. The Morgan fingerprint density at radius 1 is 1.10 bits per heavy atom. The van der Waals surface area contributed by atoms with Crippen molar-refractivity contribution in [2.24, 2.45) is 0 Å². The van der Waals surface area contributed by atoms with Crippen molar-refractivity contribution in [2.45, 2.75) is 13.0 Å². The molecule has 0 unspecified atom stereocenters. The number of hydrogen-bond acceptors (Lipinski definition) is 3. The van der Waals surface area contributed by atoms with Gasteiger partial charge in [-0.1, -0.05) is 30.3 Å². The maximum atomic E-state index is 5.53. The van der Waals surface area contributed by atoms with Gasteiger partial charge in [-0.3, -0.25) is 4.98 Å². The van der Waals surface area contributed by atoms with E-state index in [-0.39, 0.29) is 0 Å². The topological polar surface area (TPSA) is 34.2 Å². The lowest BCUT2D eigenvalue weighted by molar-refractivity contribution is 0.357. The molecule has 0 radical (unpaired) electrons. The maximum Gasteiger partial charge on any atom is 0.122 e. The van der Waals surface area contributed by atoms with Gasteiger partial charge in [0.25, 0.3) is 0 Å². The van der Waals surface area contributed by atoms with Gasteiger partial charge in [0, 0.05) is 18.4 Å². The number of anilines is 1. The van der Waals surface area contributed by atoms with Gasteiger partial charge in [-0.05, 0) is 29.3 Å². The molecule has 0 atom stereocenters. The SMILES string of the molecule is c1ccc2ncc(NCc3ccc4c(c3)CCO4)cc2c1. The molecule has 1 N–H and O–H groups in total. The molecule has 0 spiro atoms. The van der Waals surface area contributed by atoms with Gasteiger partial charge in [-0.25, -0.2) is 0 Å². The quantitative estimate of drug-likeness (QED) is 0.790. The second-order valence-electron chi connectivity index (χ2n) is 5.31. The fourth-order valence-electron chi connectivity index (χ4n) is 2.72. The van der Waals surface area contributed by atoms with Crippen LogP contribution in [0.15, 0.2) is 54.7 Å². The molecule has 0 saturated heterocycles. The number of para-hydroxylation sites is 1. The summed E-state index contributed by atoms with van der Waals surface area (Å²) in [6.45, 7) is 1.61. The van der Waals surface area contributed by atoms with E-state index in [9.17, 15) is 0 Å². The maximum absolute atomic E-state index is 5.53. The molecule has 2 heterocycles. The van der Waals surface area contributed by atoms with Gasteiger partial charge in [0.2, 0.25) is 0 Å². The second kappa shape index (κ2) is 5.09. The first-order valence-electron chi connectivity index (χ1n) is 7.22. The van der Waals surface area contributed by atoms with Gasteiger partial charge in [-0.2, -0.15) is 0 Å². The predicted octanol–water partition coefficient (Wildman–Crippen LogP) is 3.78. The summed E-state index contributed by atoms with van der Waals surface area (Å²) in [4.78, 5) is 4.47. The number of ether oxygens (including phenoxy) is 1. The lowest BCUT2D eigenvalue weighted by Crippen LogP contribution is -2.00. The third-order valence-corrected chi connectivity index (χ3v) is 3.84. The fourth-order valence-corrected chi connectivity index (χ4v) is 2.72. The van der Waals surface area contributed by atoms with Crippen LogP contribution in [0.4, 0.5) is 5.69 Å². The van der Waals surface area contributed by atoms with Crippen molar-refractivity contribution in [3.8, 4) is 5.75 Å². The number of pyridine rings is 1. The Morgan fingerprint density at radius 2 is 2.05 bits per heavy atom. The van der Waals surface area contributed by atoms with E-state index >= 15 is 0 Å². The monoisotopic (exact) mass is 276 g/mol. The number of benzene rings is 2. The van der Waals surface area contributed by atoms with E-state index in [4.69, 9.17) is 4.74 Å². The van der Waals surface area contributed by atoms with E-state index in [2.05, 4.69) is 40.6 Å². The van der Waals surface area contributed by atoms with Crippen molar-refractivity contribution in [1.82, 2.24) is 4.98 Å². The zero-order valence-electron chi connectivity index (χ0n) is 11.7. The second-order valence-corrected chi connectivity index (χ2v) is 5.31. The first-order chi connectivity index (χ1) is 10.4. The van der Waals surface area contributed by atoms with Gasteiger partial charge < -0.3 is 10.1 Å². The molecule has 2 aromatic carbocycles. The van der Waals surface area contributed by atoms with Crippen LogP contribution >= 0.6 is 0 Å². The molecule has 0 saturated carbocycles. The largest absolute Gasteiger partial charge is 0.493 e. The normalized spacial score (nSPS) is 13.0. The van der Waals surface area contributed by atoms with Crippen LogP contribution in [0.25, 0.3) is 10.9 Å². The Labute approximate surface area is 123 Å². The Hall–Kier alpha value is -2.55. The zero-order valence-corrected chi connectivity index (χ0v) is 11.7. The molecule has 1 aromatic heterocycles. The minimum atomic E-state index is 0.799. The van der Waals surface area contributed by atoms with Crippen molar-refractivity contribution >= 4 is 16.6 Å². The summed E-state index contributed by atoms with van der Waals surface area (Å²) < 4.78 is 5.53. The summed E-state index contributed by atoms with van der Waals surface area (Å²) >= 11 is 0. The van der Waals surface area contributed by atoms with Crippen LogP contribution in [0.5, 0.6) is 5.75 Å². The van der Waals surface area contributed by atoms with Gasteiger partial charge in [0.05, 0.1) is 24.0 Å². The Balaban J connectivity index is 1.52. The molecule has 104 valence electrons. The molecule has 21 heavy (non-hydrogen) atoms. The molecule has 0 bridgehead atoms. The minimum absolute atomic E-state index is 0.799. The third kappa shape index (κ3) is 2.42. The summed E-state index contributed by atoms with van der Waals surface area (Å²) in [6.07, 6.45) is 2.90. The number of fused-ring (bicyclic) bond motifs is 2. The van der Waals surface area contributed by atoms with Crippen molar-refractivity contribution in [3.63, 3.8) is 0 Å². The summed E-state index contributed by atoms with van der Waals surface area (Å²) in [7, 11) is 0. The predicted molar refractivity (Wildman–Crippen MR) is 84.7 cm³/mol. The van der Waals surface area contributed by atoms with Crippen molar-refractivity contribution in [3.05, 3.63) is 65.9 Å². The zero-order chi connectivity index (χ0) is 14.1. The van der Waals surface area contributed by atoms with Crippen molar-refractivity contribution < 1.29 is 4.74 Å². The number of nitrogens with one attached hydrogen (secondary N) is 1. The van der Waals surface area contributed by atoms with E-state index < -0.39 is 0 Å². The van der Waals surface area contributed by atoms with E-state index in [0.29, 0.717) is 0 Å².